The summed E-state index contributed by atoms with van der Waals surface area (Å²) in [5.41, 5.74) is 0. The van der Waals surface area contributed by atoms with Crippen molar-refractivity contribution in [3.63, 3.8) is 0 Å². The maximum absolute atomic E-state index is 12.8. The molecule has 0 bridgehead atoms. The van der Waals surface area contributed by atoms with E-state index in [-0.39, 0.29) is 17.8 Å². The van der Waals surface area contributed by atoms with Crippen molar-refractivity contribution in [2.24, 2.45) is 0 Å². The number of halogens is 1. The van der Waals surface area contributed by atoms with E-state index < -0.39 is 12.1 Å². The third-order valence-electron chi connectivity index (χ3n) is 2.07. The Morgan fingerprint density at radius 1 is 1.59 bits per heavy atom. The minimum Gasteiger partial charge on any atom is -0.460 e. The summed E-state index contributed by atoms with van der Waals surface area (Å²) in [6.07, 6.45) is 1.77. The second kappa shape index (κ2) is 6.12. The van der Waals surface area contributed by atoms with E-state index >= 15 is 0 Å². The Bertz CT molecular complexity index is 401. The molecule has 0 N–H and O–H groups in total. The lowest BCUT2D eigenvalue weighted by Gasteiger charge is -2.07. The summed E-state index contributed by atoms with van der Waals surface area (Å²) < 4.78 is 22.5. The number of aromatic nitrogens is 2. The number of rotatable bonds is 5. The van der Waals surface area contributed by atoms with Crippen molar-refractivity contribution >= 4 is 12.0 Å². The first-order valence-corrected chi connectivity index (χ1v) is 5.39. The summed E-state index contributed by atoms with van der Waals surface area (Å²) in [5.74, 6) is -0.460. The Hall–Kier alpha value is -1.72. The van der Waals surface area contributed by atoms with E-state index in [9.17, 15) is 9.18 Å². The third kappa shape index (κ3) is 4.34. The van der Waals surface area contributed by atoms with Crippen molar-refractivity contribution in [3.05, 3.63) is 17.8 Å². The molecule has 2 atom stereocenters. The minimum atomic E-state index is -1.30. The number of carbonyl (C=O) groups excluding carboxylic acids is 1. The van der Waals surface area contributed by atoms with E-state index in [1.54, 1.807) is 6.92 Å². The number of hydrogen-bond donors (Lipinski definition) is 0. The first-order valence-electron chi connectivity index (χ1n) is 5.39. The number of carbonyl (C=O) groups is 1. The van der Waals surface area contributed by atoms with Crippen molar-refractivity contribution < 1.29 is 18.4 Å². The van der Waals surface area contributed by atoms with Crippen molar-refractivity contribution in [2.75, 3.05) is 0 Å². The lowest BCUT2D eigenvalue weighted by atomic mass is 10.3. The molecule has 0 aliphatic heterocycles. The van der Waals surface area contributed by atoms with E-state index in [1.165, 1.54) is 19.1 Å². The van der Waals surface area contributed by atoms with Gasteiger partial charge in [0.1, 0.15) is 0 Å². The van der Waals surface area contributed by atoms with Gasteiger partial charge >= 0.3 is 5.97 Å². The van der Waals surface area contributed by atoms with Crippen molar-refractivity contribution in [3.8, 4) is 0 Å². The monoisotopic (exact) mass is 242 g/mol. The van der Waals surface area contributed by atoms with Crippen LogP contribution in [0.3, 0.4) is 0 Å². The molecule has 0 aromatic carbocycles. The molecule has 17 heavy (non-hydrogen) atoms. The predicted octanol–water partition coefficient (Wildman–Crippen LogP) is 2.46. The quantitative estimate of drug-likeness (QED) is 0.586. The topological polar surface area (TPSA) is 65.2 Å². The molecule has 0 aliphatic carbocycles. The molecule has 0 spiro atoms. The zero-order valence-corrected chi connectivity index (χ0v) is 10.0. The number of nitrogens with zero attached hydrogens (tertiary/aromatic N) is 2. The molecule has 1 rings (SSSR count). The molecule has 6 heteroatoms. The van der Waals surface area contributed by atoms with Gasteiger partial charge < -0.3 is 9.26 Å². The Kier molecular flexibility index (Phi) is 4.81. The molecule has 0 saturated heterocycles. The van der Waals surface area contributed by atoms with E-state index in [1.807, 2.05) is 6.92 Å². The smallest absolute Gasteiger partial charge is 0.331 e. The third-order valence-corrected chi connectivity index (χ3v) is 2.07. The van der Waals surface area contributed by atoms with Crippen molar-refractivity contribution in [2.45, 2.75) is 39.5 Å². The van der Waals surface area contributed by atoms with Gasteiger partial charge in [-0.3, -0.25) is 0 Å². The minimum absolute atomic E-state index is 0.0417. The highest BCUT2D eigenvalue weighted by Gasteiger charge is 2.11. The molecule has 5 nitrogen and oxygen atoms in total. The maximum atomic E-state index is 12.8. The van der Waals surface area contributed by atoms with Crippen molar-refractivity contribution in [1.29, 1.82) is 0 Å². The Morgan fingerprint density at radius 3 is 2.82 bits per heavy atom. The van der Waals surface area contributed by atoms with E-state index in [4.69, 9.17) is 9.26 Å². The SMILES string of the molecule is CC[C@H](C)OC(=O)/C=C/c1nc(C(C)F)no1. The highest BCUT2D eigenvalue weighted by atomic mass is 19.1. The molecule has 1 aromatic rings. The van der Waals surface area contributed by atoms with Crippen LogP contribution in [0.4, 0.5) is 4.39 Å². The standard InChI is InChI=1S/C11H15FN2O3/c1-4-7(2)16-10(15)6-5-9-13-11(8(3)12)14-17-9/h5-8H,4H2,1-3H3/b6-5+/t7-,8?/m0/s1. The lowest BCUT2D eigenvalue weighted by molar-refractivity contribution is -0.142. The Morgan fingerprint density at radius 2 is 2.29 bits per heavy atom. The molecule has 94 valence electrons. The van der Waals surface area contributed by atoms with Crippen LogP contribution >= 0.6 is 0 Å². The zero-order valence-electron chi connectivity index (χ0n) is 10.0. The van der Waals surface area contributed by atoms with Gasteiger partial charge in [-0.2, -0.15) is 4.98 Å². The molecule has 0 saturated carbocycles. The normalized spacial score (nSPS) is 14.8. The molecule has 0 radical (unpaired) electrons. The van der Waals surface area contributed by atoms with Crippen LogP contribution in [-0.4, -0.2) is 22.2 Å². The Labute approximate surface area is 98.7 Å². The number of esters is 1. The maximum Gasteiger partial charge on any atom is 0.331 e. The van der Waals surface area contributed by atoms with Gasteiger partial charge in [0.2, 0.25) is 5.82 Å². The van der Waals surface area contributed by atoms with Gasteiger partial charge in [0.25, 0.3) is 5.89 Å². The second-order valence-electron chi connectivity index (χ2n) is 3.60. The van der Waals surface area contributed by atoms with Crippen LogP contribution in [-0.2, 0) is 9.53 Å². The number of alkyl halides is 1. The van der Waals surface area contributed by atoms with Crippen LogP contribution in [0.1, 0.15) is 45.1 Å². The molecular weight excluding hydrogens is 227 g/mol. The summed E-state index contributed by atoms with van der Waals surface area (Å²) in [6, 6.07) is 0. The van der Waals surface area contributed by atoms with E-state index in [0.29, 0.717) is 0 Å². The number of ether oxygens (including phenoxy) is 1. The summed E-state index contributed by atoms with van der Waals surface area (Å²) >= 11 is 0. The van der Waals surface area contributed by atoms with Gasteiger partial charge in [-0.25, -0.2) is 9.18 Å². The van der Waals surface area contributed by atoms with E-state index in [2.05, 4.69) is 10.1 Å². The first-order chi connectivity index (χ1) is 8.02. The summed E-state index contributed by atoms with van der Waals surface area (Å²) in [7, 11) is 0. The molecule has 0 fully saturated rings. The fraction of sp³-hybridized carbons (Fsp3) is 0.545. The highest BCUT2D eigenvalue weighted by Crippen LogP contribution is 2.12. The van der Waals surface area contributed by atoms with Gasteiger partial charge in [0, 0.05) is 12.2 Å². The molecule has 0 aliphatic rings. The summed E-state index contributed by atoms with van der Waals surface area (Å²) in [4.78, 5) is 15.0. The largest absolute Gasteiger partial charge is 0.460 e. The number of hydrogen-bond acceptors (Lipinski definition) is 5. The predicted molar refractivity (Wildman–Crippen MR) is 58.7 cm³/mol. The fourth-order valence-electron chi connectivity index (χ4n) is 0.937. The van der Waals surface area contributed by atoms with Gasteiger partial charge in [0.05, 0.1) is 6.10 Å². The molecule has 1 heterocycles. The fourth-order valence-corrected chi connectivity index (χ4v) is 0.937. The molecular formula is C11H15FN2O3. The second-order valence-corrected chi connectivity index (χ2v) is 3.60. The van der Waals surface area contributed by atoms with Crippen LogP contribution in [0.2, 0.25) is 0 Å². The molecule has 1 unspecified atom stereocenters. The zero-order chi connectivity index (χ0) is 12.8. The summed E-state index contributed by atoms with van der Waals surface area (Å²) in [5, 5.41) is 3.41. The van der Waals surface area contributed by atoms with Crippen LogP contribution in [0.15, 0.2) is 10.6 Å². The van der Waals surface area contributed by atoms with Crippen LogP contribution in [0.25, 0.3) is 6.08 Å². The average molecular weight is 242 g/mol. The van der Waals surface area contributed by atoms with Crippen LogP contribution in [0.5, 0.6) is 0 Å². The van der Waals surface area contributed by atoms with Crippen LogP contribution in [0, 0.1) is 0 Å². The first kappa shape index (κ1) is 13.3. The van der Waals surface area contributed by atoms with Gasteiger partial charge in [-0.05, 0) is 20.3 Å². The average Bonchev–Trinajstić information content (AvgIpc) is 2.75. The molecule has 1 aromatic heterocycles. The van der Waals surface area contributed by atoms with Gasteiger partial charge in [0.15, 0.2) is 6.17 Å². The molecule has 0 amide bonds. The lowest BCUT2D eigenvalue weighted by Crippen LogP contribution is -2.11. The summed E-state index contributed by atoms with van der Waals surface area (Å²) in [6.45, 7) is 5.01. The van der Waals surface area contributed by atoms with Crippen molar-refractivity contribution in [1.82, 2.24) is 10.1 Å². The van der Waals surface area contributed by atoms with Crippen LogP contribution < -0.4 is 0 Å². The van der Waals surface area contributed by atoms with Gasteiger partial charge in [-0.1, -0.05) is 12.1 Å². The van der Waals surface area contributed by atoms with Gasteiger partial charge in [-0.15, -0.1) is 0 Å². The van der Waals surface area contributed by atoms with E-state index in [0.717, 1.165) is 6.42 Å². The highest BCUT2D eigenvalue weighted by molar-refractivity contribution is 5.86. The Balaban J connectivity index is 2.55.